The van der Waals surface area contributed by atoms with Gasteiger partial charge in [0.2, 0.25) is 0 Å². The summed E-state index contributed by atoms with van der Waals surface area (Å²) in [7, 11) is 1.52. The van der Waals surface area contributed by atoms with Crippen LogP contribution in [0.1, 0.15) is 42.4 Å². The summed E-state index contributed by atoms with van der Waals surface area (Å²) < 4.78 is 5.23. The highest BCUT2D eigenvalue weighted by Gasteiger charge is 2.55. The molecule has 1 saturated heterocycles. The SMILES string of the molecule is C=C(C)CC1(C2=C(c3ccccc3)[C@@H](c3ccccc3C)[C@@H]2C(=O)OC)SCCCS1. The van der Waals surface area contributed by atoms with Gasteiger partial charge in [-0.25, -0.2) is 0 Å². The number of ether oxygens (including phenoxy) is 1. The van der Waals surface area contributed by atoms with Crippen LogP contribution in [0.5, 0.6) is 0 Å². The normalized spacial score (nSPS) is 22.5. The number of hydrogen-bond donors (Lipinski definition) is 0. The van der Waals surface area contributed by atoms with Gasteiger partial charge in [0.05, 0.1) is 17.1 Å². The van der Waals surface area contributed by atoms with Crippen molar-refractivity contribution >= 4 is 35.1 Å². The van der Waals surface area contributed by atoms with Crippen LogP contribution in [-0.4, -0.2) is 28.7 Å². The van der Waals surface area contributed by atoms with Gasteiger partial charge in [-0.1, -0.05) is 60.2 Å². The number of allylic oxidation sites excluding steroid dienone is 2. The molecule has 162 valence electrons. The van der Waals surface area contributed by atoms with Crippen LogP contribution in [0.25, 0.3) is 5.57 Å². The van der Waals surface area contributed by atoms with Gasteiger partial charge in [-0.05, 0) is 66.0 Å². The van der Waals surface area contributed by atoms with Crippen molar-refractivity contribution < 1.29 is 9.53 Å². The Balaban J connectivity index is 1.98. The number of benzene rings is 2. The summed E-state index contributed by atoms with van der Waals surface area (Å²) in [6, 6.07) is 19.0. The second-order valence-corrected chi connectivity index (χ2v) is 11.5. The van der Waals surface area contributed by atoms with E-state index in [1.165, 1.54) is 41.4 Å². The maximum absolute atomic E-state index is 13.2. The fourth-order valence-corrected chi connectivity index (χ4v) is 8.68. The minimum Gasteiger partial charge on any atom is -0.469 e. The van der Waals surface area contributed by atoms with Crippen LogP contribution in [0.4, 0.5) is 0 Å². The molecule has 0 unspecified atom stereocenters. The average Bonchev–Trinajstić information content (AvgIpc) is 2.75. The summed E-state index contributed by atoms with van der Waals surface area (Å²) in [5.41, 5.74) is 7.34. The van der Waals surface area contributed by atoms with E-state index in [9.17, 15) is 4.79 Å². The maximum Gasteiger partial charge on any atom is 0.313 e. The first kappa shape index (κ1) is 22.3. The van der Waals surface area contributed by atoms with Crippen LogP contribution in [0.2, 0.25) is 0 Å². The Morgan fingerprint density at radius 1 is 1.10 bits per heavy atom. The lowest BCUT2D eigenvalue weighted by Crippen LogP contribution is -2.45. The lowest BCUT2D eigenvalue weighted by molar-refractivity contribution is -0.145. The topological polar surface area (TPSA) is 26.3 Å². The van der Waals surface area contributed by atoms with E-state index in [2.05, 4.69) is 75.0 Å². The Morgan fingerprint density at radius 2 is 1.74 bits per heavy atom. The number of esters is 1. The summed E-state index contributed by atoms with van der Waals surface area (Å²) >= 11 is 3.98. The lowest BCUT2D eigenvalue weighted by Gasteiger charge is -2.51. The fraction of sp³-hybridized carbons (Fsp3) is 0.370. The monoisotopic (exact) mass is 450 g/mol. The molecule has 0 bridgehead atoms. The number of methoxy groups -OCH3 is 1. The number of thioether (sulfide) groups is 2. The Kier molecular flexibility index (Phi) is 6.68. The molecule has 2 atom stereocenters. The summed E-state index contributed by atoms with van der Waals surface area (Å²) in [4.78, 5) is 13.2. The third-order valence-corrected chi connectivity index (χ3v) is 9.57. The predicted molar refractivity (Wildman–Crippen MR) is 134 cm³/mol. The van der Waals surface area contributed by atoms with Gasteiger partial charge >= 0.3 is 5.97 Å². The van der Waals surface area contributed by atoms with E-state index >= 15 is 0 Å². The Bertz CT molecular complexity index is 1000. The van der Waals surface area contributed by atoms with Crippen LogP contribution in [0.3, 0.4) is 0 Å². The molecule has 2 aromatic rings. The number of carbonyl (C=O) groups excluding carboxylic acids is 1. The molecular formula is C27H30O2S2. The molecule has 1 heterocycles. The maximum atomic E-state index is 13.2. The number of rotatable bonds is 6. The van der Waals surface area contributed by atoms with Gasteiger partial charge < -0.3 is 4.74 Å². The molecule has 0 spiro atoms. The number of carbonyl (C=O) groups is 1. The van der Waals surface area contributed by atoms with E-state index in [0.29, 0.717) is 0 Å². The molecule has 2 nitrogen and oxygen atoms in total. The molecule has 0 amide bonds. The molecule has 1 fully saturated rings. The van der Waals surface area contributed by atoms with Crippen LogP contribution in [0, 0.1) is 12.8 Å². The first-order valence-corrected chi connectivity index (χ1v) is 12.8. The molecule has 0 radical (unpaired) electrons. The van der Waals surface area contributed by atoms with E-state index < -0.39 is 0 Å². The van der Waals surface area contributed by atoms with Crippen molar-refractivity contribution in [2.45, 2.75) is 36.7 Å². The van der Waals surface area contributed by atoms with E-state index in [1.54, 1.807) is 0 Å². The van der Waals surface area contributed by atoms with Crippen molar-refractivity contribution in [3.8, 4) is 0 Å². The third-order valence-electron chi connectivity index (χ3n) is 6.21. The Hall–Kier alpha value is -1.91. The van der Waals surface area contributed by atoms with Crippen LogP contribution in [0.15, 0.2) is 72.3 Å². The molecule has 1 aliphatic carbocycles. The molecule has 2 aromatic carbocycles. The molecule has 0 aromatic heterocycles. The van der Waals surface area contributed by atoms with E-state index in [0.717, 1.165) is 23.5 Å². The van der Waals surface area contributed by atoms with Crippen molar-refractivity contribution in [2.75, 3.05) is 18.6 Å². The van der Waals surface area contributed by atoms with Gasteiger partial charge in [0.1, 0.15) is 0 Å². The smallest absolute Gasteiger partial charge is 0.313 e. The van der Waals surface area contributed by atoms with Crippen LogP contribution < -0.4 is 0 Å². The molecule has 4 rings (SSSR count). The van der Waals surface area contributed by atoms with Crippen molar-refractivity contribution in [1.82, 2.24) is 0 Å². The van der Waals surface area contributed by atoms with Crippen molar-refractivity contribution in [3.63, 3.8) is 0 Å². The zero-order valence-electron chi connectivity index (χ0n) is 18.5. The largest absolute Gasteiger partial charge is 0.469 e. The standard InChI is InChI=1S/C27H30O2S2/c1-18(2)17-27(30-15-10-16-31-27)25-22(20-12-6-5-7-13-20)23(24(25)26(28)29-4)21-14-9-8-11-19(21)3/h5-9,11-14,23-24H,1,10,15-17H2,2-4H3/t23-,24+/m1/s1. The summed E-state index contributed by atoms with van der Waals surface area (Å²) in [6.07, 6.45) is 2.08. The van der Waals surface area contributed by atoms with Crippen molar-refractivity contribution in [3.05, 3.63) is 89.0 Å². The quantitative estimate of drug-likeness (QED) is 0.354. The first-order valence-electron chi connectivity index (χ1n) is 10.8. The zero-order chi connectivity index (χ0) is 22.0. The Morgan fingerprint density at radius 3 is 2.35 bits per heavy atom. The summed E-state index contributed by atoms with van der Waals surface area (Å²) in [5.74, 6) is 1.83. The van der Waals surface area contributed by atoms with E-state index in [-0.39, 0.29) is 21.9 Å². The molecule has 2 aliphatic rings. The number of aryl methyl sites for hydroxylation is 1. The minimum atomic E-state index is -0.265. The Labute approximate surface area is 194 Å². The molecule has 31 heavy (non-hydrogen) atoms. The minimum absolute atomic E-state index is 0.0103. The first-order chi connectivity index (χ1) is 15.0. The zero-order valence-corrected chi connectivity index (χ0v) is 20.2. The van der Waals surface area contributed by atoms with Crippen LogP contribution >= 0.6 is 23.5 Å². The van der Waals surface area contributed by atoms with Gasteiger partial charge in [0, 0.05) is 5.92 Å². The molecule has 0 saturated carbocycles. The average molecular weight is 451 g/mol. The van der Waals surface area contributed by atoms with Crippen molar-refractivity contribution in [2.24, 2.45) is 5.92 Å². The second-order valence-electron chi connectivity index (χ2n) is 8.47. The second kappa shape index (κ2) is 9.30. The highest BCUT2D eigenvalue weighted by atomic mass is 32.2. The molecule has 0 N–H and O–H groups in total. The predicted octanol–water partition coefficient (Wildman–Crippen LogP) is 6.87. The fourth-order valence-electron chi connectivity index (χ4n) is 4.94. The van der Waals surface area contributed by atoms with Gasteiger partial charge in [-0.3, -0.25) is 4.79 Å². The number of hydrogen-bond acceptors (Lipinski definition) is 4. The van der Waals surface area contributed by atoms with E-state index in [1.807, 2.05) is 23.5 Å². The molecule has 1 aliphatic heterocycles. The van der Waals surface area contributed by atoms with Gasteiger partial charge in [0.15, 0.2) is 0 Å². The summed E-state index contributed by atoms with van der Waals surface area (Å²) in [5, 5.41) is 0. The van der Waals surface area contributed by atoms with Crippen molar-refractivity contribution in [1.29, 1.82) is 0 Å². The van der Waals surface area contributed by atoms with Gasteiger partial charge in [-0.2, -0.15) is 0 Å². The van der Waals surface area contributed by atoms with Gasteiger partial charge in [-0.15, -0.1) is 30.1 Å². The van der Waals surface area contributed by atoms with Gasteiger partial charge in [0.25, 0.3) is 0 Å². The molecular weight excluding hydrogens is 420 g/mol. The molecule has 4 heteroatoms. The lowest BCUT2D eigenvalue weighted by atomic mass is 9.60. The highest BCUT2D eigenvalue weighted by Crippen LogP contribution is 2.65. The summed E-state index contributed by atoms with van der Waals surface area (Å²) in [6.45, 7) is 8.49. The highest BCUT2D eigenvalue weighted by molar-refractivity contribution is 8.19. The van der Waals surface area contributed by atoms with Crippen LogP contribution in [-0.2, 0) is 9.53 Å². The third kappa shape index (κ3) is 4.12. The van der Waals surface area contributed by atoms with E-state index in [4.69, 9.17) is 4.74 Å².